The topological polar surface area (TPSA) is 51.9 Å². The van der Waals surface area contributed by atoms with Crippen LogP contribution < -0.4 is 16.0 Å². The number of aromatic amines is 1. The molecular formula is C32H40N4. The Balaban J connectivity index is 1.58. The second-order valence-corrected chi connectivity index (χ2v) is 12.8. The Morgan fingerprint density at radius 1 is 1.06 bits per heavy atom. The zero-order chi connectivity index (χ0) is 24.9. The summed E-state index contributed by atoms with van der Waals surface area (Å²) < 4.78 is 0. The standard InChI is InChI=1S/C32H40N4/c1-19-16-24-27(30(3,4)17-19)28(29-22(14-15-33-5)21-10-6-8-12-25(21)35-29)31-20(2)18-34-32(24,31)36-26-13-9-7-11-23(26)31/h6-13,16,20,24,27-28,33-36H,14-15,17-18H2,1-5H3/t20?,24-,27-,28?,31?,32+/m0/s1. The van der Waals surface area contributed by atoms with Crippen molar-refractivity contribution in [2.75, 3.05) is 25.5 Å². The number of benzene rings is 2. The van der Waals surface area contributed by atoms with E-state index in [1.165, 1.54) is 45.4 Å². The molecule has 4 nitrogen and oxygen atoms in total. The first kappa shape index (κ1) is 22.6. The summed E-state index contributed by atoms with van der Waals surface area (Å²) >= 11 is 0. The van der Waals surface area contributed by atoms with Gasteiger partial charge in [-0.1, -0.05) is 68.8 Å². The first-order chi connectivity index (χ1) is 17.3. The van der Waals surface area contributed by atoms with Crippen molar-refractivity contribution in [1.29, 1.82) is 0 Å². The molecule has 4 aliphatic rings. The highest BCUT2D eigenvalue weighted by atomic mass is 15.3. The van der Waals surface area contributed by atoms with Gasteiger partial charge in [-0.2, -0.15) is 0 Å². The number of para-hydroxylation sites is 2. The summed E-state index contributed by atoms with van der Waals surface area (Å²) in [6.07, 6.45) is 4.85. The van der Waals surface area contributed by atoms with Gasteiger partial charge in [0.1, 0.15) is 5.66 Å². The molecular weight excluding hydrogens is 440 g/mol. The summed E-state index contributed by atoms with van der Waals surface area (Å²) in [7, 11) is 2.07. The van der Waals surface area contributed by atoms with E-state index in [-0.39, 0.29) is 16.5 Å². The van der Waals surface area contributed by atoms with E-state index in [4.69, 9.17) is 0 Å². The summed E-state index contributed by atoms with van der Waals surface area (Å²) in [5.74, 6) is 1.85. The summed E-state index contributed by atoms with van der Waals surface area (Å²) in [5.41, 5.74) is 8.67. The number of hydrogen-bond acceptors (Lipinski definition) is 3. The molecule has 4 N–H and O–H groups in total. The number of H-pyrrole nitrogens is 1. The monoisotopic (exact) mass is 480 g/mol. The zero-order valence-electron chi connectivity index (χ0n) is 22.3. The normalized spacial score (nSPS) is 35.6. The Morgan fingerprint density at radius 2 is 1.83 bits per heavy atom. The lowest BCUT2D eigenvalue weighted by molar-refractivity contribution is 0.124. The largest absolute Gasteiger partial charge is 0.366 e. The number of allylic oxidation sites excluding steroid dienone is 1. The lowest BCUT2D eigenvalue weighted by Gasteiger charge is -2.46. The molecule has 1 saturated carbocycles. The van der Waals surface area contributed by atoms with Gasteiger partial charge in [-0.3, -0.25) is 5.32 Å². The molecule has 0 bridgehead atoms. The number of nitrogens with one attached hydrogen (secondary N) is 4. The van der Waals surface area contributed by atoms with Gasteiger partial charge in [0, 0.05) is 46.1 Å². The van der Waals surface area contributed by atoms with Crippen molar-refractivity contribution in [2.45, 2.75) is 57.5 Å². The van der Waals surface area contributed by atoms with Gasteiger partial charge in [0.2, 0.25) is 0 Å². The summed E-state index contributed by atoms with van der Waals surface area (Å²) in [6.45, 7) is 11.9. The maximum atomic E-state index is 4.16. The number of rotatable bonds is 4. The van der Waals surface area contributed by atoms with E-state index in [1.807, 2.05) is 0 Å². The molecule has 2 aromatic carbocycles. The number of likely N-dealkylation sites (N-methyl/N-ethyl adjacent to an activating group) is 1. The maximum Gasteiger partial charge on any atom is 0.106 e. The molecule has 0 spiro atoms. The van der Waals surface area contributed by atoms with Gasteiger partial charge in [-0.05, 0) is 73.9 Å². The third kappa shape index (κ3) is 2.57. The quantitative estimate of drug-likeness (QED) is 0.350. The van der Waals surface area contributed by atoms with Crippen LogP contribution in [0.15, 0.2) is 60.2 Å². The Hall–Kier alpha value is -2.56. The van der Waals surface area contributed by atoms with Crippen LogP contribution in [0.4, 0.5) is 5.69 Å². The van der Waals surface area contributed by atoms with Crippen LogP contribution in [0.25, 0.3) is 10.9 Å². The van der Waals surface area contributed by atoms with Crippen LogP contribution in [0.3, 0.4) is 0 Å². The van der Waals surface area contributed by atoms with Crippen LogP contribution in [0.5, 0.6) is 0 Å². The van der Waals surface area contributed by atoms with Crippen LogP contribution in [0.1, 0.15) is 56.9 Å². The molecule has 2 aliphatic heterocycles. The molecule has 1 aromatic heterocycles. The van der Waals surface area contributed by atoms with Crippen molar-refractivity contribution < 1.29 is 0 Å². The summed E-state index contributed by atoms with van der Waals surface area (Å²) in [4.78, 5) is 4.06. The van der Waals surface area contributed by atoms with Gasteiger partial charge >= 0.3 is 0 Å². The maximum absolute atomic E-state index is 4.16. The van der Waals surface area contributed by atoms with Crippen molar-refractivity contribution >= 4 is 16.6 Å². The van der Waals surface area contributed by atoms with Crippen LogP contribution in [-0.2, 0) is 11.8 Å². The number of hydrogen-bond donors (Lipinski definition) is 4. The molecule has 3 unspecified atom stereocenters. The SMILES string of the molecule is CNCCc1c(C2[C@@H]3[C@H](C=C(C)CC3(C)C)[C@]34NCC(C)C23c2ccccc2N4)[nH]c2ccccc12. The molecule has 6 atom stereocenters. The van der Waals surface area contributed by atoms with Crippen molar-refractivity contribution in [1.82, 2.24) is 15.6 Å². The van der Waals surface area contributed by atoms with Gasteiger partial charge in [0.25, 0.3) is 0 Å². The Morgan fingerprint density at radius 3 is 2.67 bits per heavy atom. The zero-order valence-corrected chi connectivity index (χ0v) is 22.3. The molecule has 36 heavy (non-hydrogen) atoms. The molecule has 0 radical (unpaired) electrons. The minimum absolute atomic E-state index is 0.0212. The second-order valence-electron chi connectivity index (χ2n) is 12.8. The highest BCUT2D eigenvalue weighted by Crippen LogP contribution is 2.75. The average Bonchev–Trinajstić information content (AvgIpc) is 3.51. The predicted octanol–water partition coefficient (Wildman–Crippen LogP) is 5.93. The fraction of sp³-hybridized carbons (Fsp3) is 0.500. The molecule has 3 heterocycles. The minimum atomic E-state index is -0.165. The van der Waals surface area contributed by atoms with Gasteiger partial charge in [0.05, 0.1) is 0 Å². The van der Waals surface area contributed by atoms with Gasteiger partial charge in [-0.25, -0.2) is 0 Å². The van der Waals surface area contributed by atoms with E-state index in [0.29, 0.717) is 23.7 Å². The number of anilines is 1. The third-order valence-corrected chi connectivity index (χ3v) is 10.4. The van der Waals surface area contributed by atoms with E-state index >= 15 is 0 Å². The van der Waals surface area contributed by atoms with Gasteiger partial charge < -0.3 is 15.6 Å². The first-order valence-electron chi connectivity index (χ1n) is 13.9. The Labute approximate surface area is 215 Å². The average molecular weight is 481 g/mol. The fourth-order valence-electron chi connectivity index (χ4n) is 9.54. The van der Waals surface area contributed by atoms with Crippen LogP contribution >= 0.6 is 0 Å². The molecule has 1 saturated heterocycles. The van der Waals surface area contributed by atoms with Crippen molar-refractivity contribution in [3.05, 3.63) is 77.0 Å². The van der Waals surface area contributed by atoms with Crippen LogP contribution in [0, 0.1) is 23.2 Å². The lowest BCUT2D eigenvalue weighted by atomic mass is 9.57. The highest BCUT2D eigenvalue weighted by molar-refractivity contribution is 5.85. The third-order valence-electron chi connectivity index (χ3n) is 10.4. The predicted molar refractivity (Wildman–Crippen MR) is 149 cm³/mol. The lowest BCUT2D eigenvalue weighted by Crippen LogP contribution is -2.59. The van der Waals surface area contributed by atoms with Crippen molar-refractivity contribution in [3.63, 3.8) is 0 Å². The second kappa shape index (κ2) is 7.49. The molecule has 188 valence electrons. The van der Waals surface area contributed by atoms with E-state index < -0.39 is 0 Å². The minimum Gasteiger partial charge on any atom is -0.366 e. The molecule has 2 fully saturated rings. The first-order valence-corrected chi connectivity index (χ1v) is 13.9. The summed E-state index contributed by atoms with van der Waals surface area (Å²) in [5, 5.41) is 13.1. The van der Waals surface area contributed by atoms with Crippen LogP contribution in [0.2, 0.25) is 0 Å². The molecule has 3 aromatic rings. The van der Waals surface area contributed by atoms with E-state index in [9.17, 15) is 0 Å². The number of aromatic nitrogens is 1. The van der Waals surface area contributed by atoms with Crippen molar-refractivity contribution in [2.24, 2.45) is 23.2 Å². The van der Waals surface area contributed by atoms with Gasteiger partial charge in [0.15, 0.2) is 0 Å². The fourth-order valence-corrected chi connectivity index (χ4v) is 9.54. The Bertz CT molecular complexity index is 1380. The molecule has 7 rings (SSSR count). The highest BCUT2D eigenvalue weighted by Gasteiger charge is 2.78. The van der Waals surface area contributed by atoms with E-state index in [0.717, 1.165) is 19.5 Å². The molecule has 2 aliphatic carbocycles. The van der Waals surface area contributed by atoms with Crippen LogP contribution in [-0.4, -0.2) is 30.8 Å². The smallest absolute Gasteiger partial charge is 0.106 e. The molecule has 4 heteroatoms. The van der Waals surface area contributed by atoms with Gasteiger partial charge in [-0.15, -0.1) is 0 Å². The Kier molecular flexibility index (Phi) is 4.71. The molecule has 0 amide bonds. The summed E-state index contributed by atoms with van der Waals surface area (Å²) in [6, 6.07) is 18.2. The number of fused-ring (bicyclic) bond motifs is 3. The van der Waals surface area contributed by atoms with E-state index in [1.54, 1.807) is 0 Å². The van der Waals surface area contributed by atoms with E-state index in [2.05, 4.69) is 110 Å². The van der Waals surface area contributed by atoms with Crippen molar-refractivity contribution in [3.8, 4) is 0 Å².